The first-order chi connectivity index (χ1) is 10.1. The Morgan fingerprint density at radius 2 is 2.10 bits per heavy atom. The Morgan fingerprint density at radius 1 is 1.29 bits per heavy atom. The number of benzene rings is 1. The highest BCUT2D eigenvalue weighted by Gasteiger charge is 2.22. The fourth-order valence-corrected chi connectivity index (χ4v) is 3.14. The summed E-state index contributed by atoms with van der Waals surface area (Å²) in [6.07, 6.45) is 1.07. The normalized spacial score (nSPS) is 18.9. The van der Waals surface area contributed by atoms with Crippen molar-refractivity contribution >= 4 is 0 Å². The number of hydrogen-bond acceptors (Lipinski definition) is 3. The Morgan fingerprint density at radius 3 is 2.86 bits per heavy atom. The average molecular weight is 285 g/mol. The van der Waals surface area contributed by atoms with Crippen LogP contribution in [-0.4, -0.2) is 13.2 Å². The van der Waals surface area contributed by atoms with Gasteiger partial charge in [-0.25, -0.2) is 0 Å². The van der Waals surface area contributed by atoms with Crippen LogP contribution in [0.5, 0.6) is 5.75 Å². The molecule has 2 aromatic rings. The van der Waals surface area contributed by atoms with Gasteiger partial charge in [0, 0.05) is 24.1 Å². The van der Waals surface area contributed by atoms with Crippen molar-refractivity contribution in [1.82, 2.24) is 5.32 Å². The molecule has 1 aromatic carbocycles. The molecule has 0 bridgehead atoms. The zero-order chi connectivity index (χ0) is 14.8. The molecule has 0 fully saturated rings. The topological polar surface area (TPSA) is 34.4 Å². The molecule has 0 saturated carbocycles. The van der Waals surface area contributed by atoms with Crippen molar-refractivity contribution in [2.45, 2.75) is 39.2 Å². The van der Waals surface area contributed by atoms with Gasteiger partial charge in [-0.3, -0.25) is 0 Å². The Labute approximate surface area is 126 Å². The summed E-state index contributed by atoms with van der Waals surface area (Å²) >= 11 is 0. The van der Waals surface area contributed by atoms with E-state index in [0.29, 0.717) is 12.0 Å². The molecule has 0 spiro atoms. The molecule has 0 amide bonds. The lowest BCUT2D eigenvalue weighted by Gasteiger charge is -2.27. The molecular formula is C18H23NO2. The van der Waals surface area contributed by atoms with Crippen molar-refractivity contribution in [3.8, 4) is 5.75 Å². The molecule has 3 nitrogen and oxygen atoms in total. The van der Waals surface area contributed by atoms with Crippen molar-refractivity contribution < 1.29 is 9.15 Å². The zero-order valence-electron chi connectivity index (χ0n) is 13.0. The van der Waals surface area contributed by atoms with Crippen LogP contribution in [0.15, 0.2) is 34.7 Å². The number of nitrogens with one attached hydrogen (secondary N) is 1. The van der Waals surface area contributed by atoms with Crippen molar-refractivity contribution in [3.05, 3.63) is 53.0 Å². The third kappa shape index (κ3) is 2.98. The first-order valence-corrected chi connectivity index (χ1v) is 7.67. The molecule has 1 aliphatic heterocycles. The molecule has 2 heterocycles. The van der Waals surface area contributed by atoms with Crippen LogP contribution in [0.3, 0.4) is 0 Å². The van der Waals surface area contributed by atoms with Gasteiger partial charge < -0.3 is 14.5 Å². The lowest BCUT2D eigenvalue weighted by molar-refractivity contribution is 0.263. The molecule has 112 valence electrons. The first kappa shape index (κ1) is 14.2. The minimum atomic E-state index is 0.303. The van der Waals surface area contributed by atoms with E-state index in [0.717, 1.165) is 36.8 Å². The Balaban J connectivity index is 1.67. The van der Waals surface area contributed by atoms with Gasteiger partial charge in [0.05, 0.1) is 6.61 Å². The molecule has 2 unspecified atom stereocenters. The van der Waals surface area contributed by atoms with E-state index in [4.69, 9.17) is 9.15 Å². The van der Waals surface area contributed by atoms with Gasteiger partial charge in [-0.1, -0.05) is 18.2 Å². The third-order valence-electron chi connectivity index (χ3n) is 4.30. The second kappa shape index (κ2) is 5.94. The lowest BCUT2D eigenvalue weighted by Crippen LogP contribution is -2.28. The standard InChI is InChI=1S/C18H23NO2/c1-12-10-17(14(3)21-12)13(2)19-11-15-8-9-20-18-7-5-4-6-16(15)18/h4-7,10,13,15,19H,8-9,11H2,1-3H3. The summed E-state index contributed by atoms with van der Waals surface area (Å²) in [5, 5.41) is 3.65. The maximum absolute atomic E-state index is 5.72. The summed E-state index contributed by atoms with van der Waals surface area (Å²) in [5.41, 5.74) is 2.58. The van der Waals surface area contributed by atoms with Crippen LogP contribution in [0, 0.1) is 13.8 Å². The van der Waals surface area contributed by atoms with Crippen molar-refractivity contribution in [1.29, 1.82) is 0 Å². The molecule has 1 aromatic heterocycles. The predicted octanol–water partition coefficient (Wildman–Crippen LogP) is 4.11. The number of aryl methyl sites for hydroxylation is 2. The number of para-hydroxylation sites is 1. The van der Waals surface area contributed by atoms with Gasteiger partial charge in [0.1, 0.15) is 17.3 Å². The van der Waals surface area contributed by atoms with E-state index >= 15 is 0 Å². The third-order valence-corrected chi connectivity index (χ3v) is 4.30. The molecule has 3 rings (SSSR count). The molecule has 1 aliphatic rings. The summed E-state index contributed by atoms with van der Waals surface area (Å²) in [7, 11) is 0. The van der Waals surface area contributed by atoms with Crippen LogP contribution in [0.4, 0.5) is 0 Å². The predicted molar refractivity (Wildman–Crippen MR) is 83.9 cm³/mol. The number of furan rings is 1. The second-order valence-corrected chi connectivity index (χ2v) is 5.87. The Kier molecular flexibility index (Phi) is 4.02. The van der Waals surface area contributed by atoms with E-state index in [1.54, 1.807) is 0 Å². The molecule has 21 heavy (non-hydrogen) atoms. The molecule has 0 radical (unpaired) electrons. The highest BCUT2D eigenvalue weighted by Crippen LogP contribution is 2.33. The molecule has 3 heteroatoms. The Bertz CT molecular complexity index is 617. The highest BCUT2D eigenvalue weighted by atomic mass is 16.5. The van der Waals surface area contributed by atoms with Gasteiger partial charge in [-0.2, -0.15) is 0 Å². The minimum Gasteiger partial charge on any atom is -0.493 e. The monoisotopic (exact) mass is 285 g/mol. The SMILES string of the molecule is Cc1cc(C(C)NCC2CCOc3ccccc32)c(C)o1. The highest BCUT2D eigenvalue weighted by molar-refractivity contribution is 5.38. The maximum atomic E-state index is 5.72. The zero-order valence-corrected chi connectivity index (χ0v) is 13.0. The van der Waals surface area contributed by atoms with Gasteiger partial charge in [0.25, 0.3) is 0 Å². The van der Waals surface area contributed by atoms with E-state index in [2.05, 4.69) is 36.5 Å². The van der Waals surface area contributed by atoms with Crippen LogP contribution >= 0.6 is 0 Å². The number of hydrogen-bond donors (Lipinski definition) is 1. The van der Waals surface area contributed by atoms with Gasteiger partial charge in [-0.15, -0.1) is 0 Å². The lowest BCUT2D eigenvalue weighted by atomic mass is 9.92. The molecule has 2 atom stereocenters. The summed E-state index contributed by atoms with van der Waals surface area (Å²) in [5.74, 6) is 3.55. The van der Waals surface area contributed by atoms with Crippen LogP contribution in [0.2, 0.25) is 0 Å². The van der Waals surface area contributed by atoms with E-state index in [-0.39, 0.29) is 0 Å². The quantitative estimate of drug-likeness (QED) is 0.918. The summed E-state index contributed by atoms with van der Waals surface area (Å²) < 4.78 is 11.3. The number of fused-ring (bicyclic) bond motifs is 1. The van der Waals surface area contributed by atoms with Crippen molar-refractivity contribution in [2.75, 3.05) is 13.2 Å². The van der Waals surface area contributed by atoms with Gasteiger partial charge in [0.2, 0.25) is 0 Å². The molecular weight excluding hydrogens is 262 g/mol. The minimum absolute atomic E-state index is 0.303. The van der Waals surface area contributed by atoms with Crippen LogP contribution in [-0.2, 0) is 0 Å². The largest absolute Gasteiger partial charge is 0.493 e. The van der Waals surface area contributed by atoms with E-state index in [1.165, 1.54) is 11.1 Å². The second-order valence-electron chi connectivity index (χ2n) is 5.87. The van der Waals surface area contributed by atoms with Crippen LogP contribution < -0.4 is 10.1 Å². The number of ether oxygens (including phenoxy) is 1. The molecule has 1 N–H and O–H groups in total. The van der Waals surface area contributed by atoms with Crippen molar-refractivity contribution in [2.24, 2.45) is 0 Å². The maximum Gasteiger partial charge on any atom is 0.122 e. The summed E-state index contributed by atoms with van der Waals surface area (Å²) in [6, 6.07) is 10.8. The first-order valence-electron chi connectivity index (χ1n) is 7.67. The van der Waals surface area contributed by atoms with E-state index in [9.17, 15) is 0 Å². The van der Waals surface area contributed by atoms with Gasteiger partial charge >= 0.3 is 0 Å². The van der Waals surface area contributed by atoms with Crippen LogP contribution in [0.25, 0.3) is 0 Å². The van der Waals surface area contributed by atoms with Gasteiger partial charge in [-0.05, 0) is 44.9 Å². The fraction of sp³-hybridized carbons (Fsp3) is 0.444. The smallest absolute Gasteiger partial charge is 0.122 e. The van der Waals surface area contributed by atoms with Crippen LogP contribution in [0.1, 0.15) is 48.0 Å². The van der Waals surface area contributed by atoms with Crippen molar-refractivity contribution in [3.63, 3.8) is 0 Å². The Hall–Kier alpha value is -1.74. The molecule has 0 saturated heterocycles. The fourth-order valence-electron chi connectivity index (χ4n) is 3.14. The summed E-state index contributed by atoms with van der Waals surface area (Å²) in [6.45, 7) is 8.00. The number of rotatable bonds is 4. The van der Waals surface area contributed by atoms with E-state index in [1.807, 2.05) is 19.9 Å². The molecule has 0 aliphatic carbocycles. The van der Waals surface area contributed by atoms with E-state index < -0.39 is 0 Å². The van der Waals surface area contributed by atoms with Gasteiger partial charge in [0.15, 0.2) is 0 Å². The average Bonchev–Trinajstić information content (AvgIpc) is 2.83. The summed E-state index contributed by atoms with van der Waals surface area (Å²) in [4.78, 5) is 0.